The van der Waals surface area contributed by atoms with E-state index in [1.807, 2.05) is 24.3 Å². The Morgan fingerprint density at radius 1 is 1.10 bits per heavy atom. The zero-order valence-electron chi connectivity index (χ0n) is 16.5. The lowest BCUT2D eigenvalue weighted by Crippen LogP contribution is -2.39. The maximum absolute atomic E-state index is 13.1. The minimum atomic E-state index is -1.30. The average Bonchev–Trinajstić information content (AvgIpc) is 2.73. The highest BCUT2D eigenvalue weighted by Crippen LogP contribution is 2.26. The third-order valence-electron chi connectivity index (χ3n) is 5.51. The van der Waals surface area contributed by atoms with Gasteiger partial charge in [0, 0.05) is 18.0 Å². The largest absolute Gasteiger partial charge is 0.506 e. The first-order chi connectivity index (χ1) is 14.0. The molecule has 3 rings (SSSR count). The Balaban J connectivity index is 1.59. The lowest BCUT2D eigenvalue weighted by atomic mass is 9.88. The van der Waals surface area contributed by atoms with Gasteiger partial charge in [-0.25, -0.2) is 9.18 Å². The first-order valence-electron chi connectivity index (χ1n) is 9.96. The average molecular weight is 399 g/mol. The highest BCUT2D eigenvalue weighted by molar-refractivity contribution is 5.97. The molecule has 2 aromatic rings. The fourth-order valence-corrected chi connectivity index (χ4v) is 3.76. The molecule has 0 spiro atoms. The predicted octanol–water partition coefficient (Wildman–Crippen LogP) is 4.72. The Morgan fingerprint density at radius 3 is 2.28 bits per heavy atom. The molecule has 2 aromatic carbocycles. The number of Topliss-reactive ketones (excluding diaryl/α,β-unsaturated/α-hetero) is 1. The second kappa shape index (κ2) is 9.65. The van der Waals surface area contributed by atoms with Crippen LogP contribution in [0.1, 0.15) is 47.4 Å². The number of nitrogens with zero attached hydrogens (tertiary/aromatic N) is 1. The van der Waals surface area contributed by atoms with E-state index in [9.17, 15) is 14.0 Å². The van der Waals surface area contributed by atoms with Crippen molar-refractivity contribution in [3.63, 3.8) is 0 Å². The number of halogens is 1. The molecule has 1 saturated heterocycles. The van der Waals surface area contributed by atoms with E-state index >= 15 is 0 Å². The van der Waals surface area contributed by atoms with Gasteiger partial charge in [0.05, 0.1) is 0 Å². The SMILES string of the molecule is CCc1ccc(C(CN2CCC(C(=O)c3ccc(F)cc3)CC2)OC(=O)O)cc1. The highest BCUT2D eigenvalue weighted by Gasteiger charge is 2.28. The molecule has 0 aromatic heterocycles. The lowest BCUT2D eigenvalue weighted by molar-refractivity contribution is 0.0268. The Labute approximate surface area is 170 Å². The van der Waals surface area contributed by atoms with E-state index in [1.54, 1.807) is 0 Å². The number of likely N-dealkylation sites (tertiary alicyclic amines) is 1. The smallest absolute Gasteiger partial charge is 0.450 e. The van der Waals surface area contributed by atoms with Gasteiger partial charge in [-0.2, -0.15) is 0 Å². The molecule has 0 bridgehead atoms. The van der Waals surface area contributed by atoms with Crippen LogP contribution in [0.15, 0.2) is 48.5 Å². The fraction of sp³-hybridized carbons (Fsp3) is 0.391. The second-order valence-corrected chi connectivity index (χ2v) is 7.41. The number of hydrogen-bond donors (Lipinski definition) is 1. The molecular formula is C23H26FNO4. The number of ketones is 1. The van der Waals surface area contributed by atoms with Crippen molar-refractivity contribution in [2.24, 2.45) is 5.92 Å². The van der Waals surface area contributed by atoms with Crippen LogP contribution >= 0.6 is 0 Å². The predicted molar refractivity (Wildman–Crippen MR) is 108 cm³/mol. The Bertz CT molecular complexity index is 827. The van der Waals surface area contributed by atoms with Crippen LogP contribution < -0.4 is 0 Å². The number of carbonyl (C=O) groups excluding carboxylic acids is 1. The van der Waals surface area contributed by atoms with Gasteiger partial charge in [-0.3, -0.25) is 9.69 Å². The van der Waals surface area contributed by atoms with Crippen molar-refractivity contribution >= 4 is 11.9 Å². The van der Waals surface area contributed by atoms with Crippen molar-refractivity contribution in [1.82, 2.24) is 4.90 Å². The molecule has 0 amide bonds. The van der Waals surface area contributed by atoms with E-state index in [0.29, 0.717) is 38.0 Å². The molecule has 1 fully saturated rings. The zero-order valence-corrected chi connectivity index (χ0v) is 16.5. The van der Waals surface area contributed by atoms with E-state index in [0.717, 1.165) is 12.0 Å². The molecular weight excluding hydrogens is 373 g/mol. The fourth-order valence-electron chi connectivity index (χ4n) is 3.76. The molecule has 1 atom stereocenters. The van der Waals surface area contributed by atoms with Gasteiger partial charge >= 0.3 is 6.16 Å². The van der Waals surface area contributed by atoms with E-state index in [-0.39, 0.29) is 17.5 Å². The number of ether oxygens (including phenoxy) is 1. The summed E-state index contributed by atoms with van der Waals surface area (Å²) in [6, 6.07) is 13.5. The lowest BCUT2D eigenvalue weighted by Gasteiger charge is -2.33. The highest BCUT2D eigenvalue weighted by atomic mass is 19.1. The molecule has 6 heteroatoms. The number of rotatable bonds is 7. The third kappa shape index (κ3) is 5.64. The standard InChI is InChI=1S/C23H26FNO4/c1-2-16-3-5-17(6-4-16)21(29-23(27)28)15-25-13-11-19(12-14-25)22(26)18-7-9-20(24)10-8-18/h3-10,19,21H,2,11-15H2,1H3,(H,27,28). The maximum Gasteiger partial charge on any atom is 0.506 e. The molecule has 1 aliphatic rings. The monoisotopic (exact) mass is 399 g/mol. The van der Waals surface area contributed by atoms with Crippen molar-refractivity contribution in [2.45, 2.75) is 32.3 Å². The summed E-state index contributed by atoms with van der Waals surface area (Å²) in [6.07, 6.45) is 0.425. The van der Waals surface area contributed by atoms with Crippen molar-refractivity contribution in [3.05, 3.63) is 71.0 Å². The van der Waals surface area contributed by atoms with Gasteiger partial charge in [0.25, 0.3) is 0 Å². The van der Waals surface area contributed by atoms with E-state index in [4.69, 9.17) is 9.84 Å². The molecule has 0 saturated carbocycles. The normalized spacial score (nSPS) is 16.3. The zero-order chi connectivity index (χ0) is 20.8. The molecule has 0 aliphatic carbocycles. The number of hydrogen-bond acceptors (Lipinski definition) is 4. The van der Waals surface area contributed by atoms with Gasteiger partial charge in [0.1, 0.15) is 11.9 Å². The van der Waals surface area contributed by atoms with Gasteiger partial charge in [-0.1, -0.05) is 31.2 Å². The summed E-state index contributed by atoms with van der Waals surface area (Å²) in [7, 11) is 0. The van der Waals surface area contributed by atoms with Crippen LogP contribution in [-0.4, -0.2) is 41.6 Å². The van der Waals surface area contributed by atoms with Crippen LogP contribution in [-0.2, 0) is 11.2 Å². The summed E-state index contributed by atoms with van der Waals surface area (Å²) in [4.78, 5) is 25.9. The summed E-state index contributed by atoms with van der Waals surface area (Å²) in [5.41, 5.74) is 2.55. The Kier molecular flexibility index (Phi) is 6.99. The molecule has 5 nitrogen and oxygen atoms in total. The molecule has 1 heterocycles. The first-order valence-corrected chi connectivity index (χ1v) is 9.96. The molecule has 0 radical (unpaired) electrons. The number of carboxylic acid groups (broad SMARTS) is 1. The summed E-state index contributed by atoms with van der Waals surface area (Å²) >= 11 is 0. The van der Waals surface area contributed by atoms with Gasteiger partial charge in [-0.05, 0) is 67.7 Å². The van der Waals surface area contributed by atoms with E-state index < -0.39 is 12.3 Å². The van der Waals surface area contributed by atoms with Crippen molar-refractivity contribution in [3.8, 4) is 0 Å². The van der Waals surface area contributed by atoms with Crippen LogP contribution in [0.4, 0.5) is 9.18 Å². The molecule has 1 aliphatic heterocycles. The number of carbonyl (C=O) groups is 2. The van der Waals surface area contributed by atoms with Gasteiger partial charge < -0.3 is 9.84 Å². The van der Waals surface area contributed by atoms with Crippen LogP contribution in [0.25, 0.3) is 0 Å². The first kappa shape index (κ1) is 21.0. The minimum absolute atomic E-state index is 0.0399. The van der Waals surface area contributed by atoms with Gasteiger partial charge in [0.15, 0.2) is 5.78 Å². The molecule has 29 heavy (non-hydrogen) atoms. The van der Waals surface area contributed by atoms with Crippen LogP contribution in [0.2, 0.25) is 0 Å². The maximum atomic E-state index is 13.1. The number of piperidine rings is 1. The Hall–Kier alpha value is -2.73. The third-order valence-corrected chi connectivity index (χ3v) is 5.51. The quantitative estimate of drug-likeness (QED) is 0.539. The minimum Gasteiger partial charge on any atom is -0.450 e. The summed E-state index contributed by atoms with van der Waals surface area (Å²) in [6.45, 7) is 3.89. The Morgan fingerprint density at radius 2 is 1.72 bits per heavy atom. The summed E-state index contributed by atoms with van der Waals surface area (Å²) in [5.74, 6) is -0.412. The van der Waals surface area contributed by atoms with Crippen LogP contribution in [0.5, 0.6) is 0 Å². The summed E-state index contributed by atoms with van der Waals surface area (Å²) in [5, 5.41) is 9.12. The van der Waals surface area contributed by atoms with Crippen molar-refractivity contribution < 1.29 is 23.8 Å². The number of benzene rings is 2. The summed E-state index contributed by atoms with van der Waals surface area (Å²) < 4.78 is 18.2. The van der Waals surface area contributed by atoms with Gasteiger partial charge in [-0.15, -0.1) is 0 Å². The van der Waals surface area contributed by atoms with Crippen LogP contribution in [0, 0.1) is 11.7 Å². The van der Waals surface area contributed by atoms with Crippen LogP contribution in [0.3, 0.4) is 0 Å². The van der Waals surface area contributed by atoms with Crippen molar-refractivity contribution in [1.29, 1.82) is 0 Å². The molecule has 1 unspecified atom stereocenters. The van der Waals surface area contributed by atoms with E-state index in [2.05, 4.69) is 11.8 Å². The van der Waals surface area contributed by atoms with E-state index in [1.165, 1.54) is 29.8 Å². The molecule has 154 valence electrons. The topological polar surface area (TPSA) is 66.8 Å². The molecule has 1 N–H and O–H groups in total. The van der Waals surface area contributed by atoms with Gasteiger partial charge in [0.2, 0.25) is 0 Å². The second-order valence-electron chi connectivity index (χ2n) is 7.41. The number of aryl methyl sites for hydroxylation is 1. The van der Waals surface area contributed by atoms with Crippen molar-refractivity contribution in [2.75, 3.05) is 19.6 Å².